The fraction of sp³-hybridized carbons (Fsp3) is 0.364. The van der Waals surface area contributed by atoms with Gasteiger partial charge in [0.15, 0.2) is 0 Å². The van der Waals surface area contributed by atoms with Crippen LogP contribution in [-0.4, -0.2) is 43.1 Å². The molecule has 0 aliphatic heterocycles. The largest absolute Gasteiger partial charge is 0.507 e. The van der Waals surface area contributed by atoms with Crippen LogP contribution in [0.25, 0.3) is 0 Å². The van der Waals surface area contributed by atoms with Gasteiger partial charge < -0.3 is 15.3 Å². The highest BCUT2D eigenvalue weighted by Crippen LogP contribution is 2.17. The summed E-state index contributed by atoms with van der Waals surface area (Å²) in [6.45, 7) is 1.18. The summed E-state index contributed by atoms with van der Waals surface area (Å²) in [5.41, 5.74) is 0.0835. The van der Waals surface area contributed by atoms with Gasteiger partial charge in [-0.05, 0) is 26.2 Å². The van der Waals surface area contributed by atoms with Crippen molar-refractivity contribution in [3.63, 3.8) is 0 Å². The van der Waals surface area contributed by atoms with E-state index < -0.39 is 11.7 Å². The quantitative estimate of drug-likeness (QED) is 0.799. The van der Waals surface area contributed by atoms with Crippen molar-refractivity contribution < 1.29 is 14.3 Å². The molecule has 0 radical (unpaired) electrons. The predicted molar refractivity (Wildman–Crippen MR) is 59.0 cm³/mol. The van der Waals surface area contributed by atoms with Crippen LogP contribution in [0.1, 0.15) is 10.4 Å². The number of nitrogens with zero attached hydrogens (tertiary/aromatic N) is 1. The number of nitrogens with one attached hydrogen (secondary N) is 1. The van der Waals surface area contributed by atoms with Gasteiger partial charge in [0, 0.05) is 19.2 Å². The Hall–Kier alpha value is -1.62. The molecule has 2 N–H and O–H groups in total. The van der Waals surface area contributed by atoms with E-state index in [1.165, 1.54) is 6.07 Å². The number of phenolic OH excluding ortho intramolecular Hbond substituents is 1. The van der Waals surface area contributed by atoms with Gasteiger partial charge in [0.2, 0.25) is 0 Å². The number of rotatable bonds is 4. The molecule has 0 fully saturated rings. The summed E-state index contributed by atoms with van der Waals surface area (Å²) in [4.78, 5) is 13.5. The summed E-state index contributed by atoms with van der Waals surface area (Å²) >= 11 is 0. The van der Waals surface area contributed by atoms with Crippen LogP contribution >= 0.6 is 0 Å². The Morgan fingerprint density at radius 2 is 2.19 bits per heavy atom. The molecule has 1 amide bonds. The van der Waals surface area contributed by atoms with Gasteiger partial charge in [-0.25, -0.2) is 4.39 Å². The second-order valence-corrected chi connectivity index (χ2v) is 3.72. The summed E-state index contributed by atoms with van der Waals surface area (Å²) in [5.74, 6) is -1.32. The van der Waals surface area contributed by atoms with Gasteiger partial charge in [0.25, 0.3) is 5.91 Å². The second-order valence-electron chi connectivity index (χ2n) is 3.72. The van der Waals surface area contributed by atoms with E-state index >= 15 is 0 Å². The van der Waals surface area contributed by atoms with Crippen molar-refractivity contribution in [2.75, 3.05) is 27.2 Å². The average molecular weight is 226 g/mol. The average Bonchev–Trinajstić information content (AvgIpc) is 2.16. The van der Waals surface area contributed by atoms with E-state index in [-0.39, 0.29) is 11.3 Å². The highest BCUT2D eigenvalue weighted by atomic mass is 19.1. The van der Waals surface area contributed by atoms with Crippen LogP contribution < -0.4 is 5.32 Å². The van der Waals surface area contributed by atoms with E-state index in [1.807, 2.05) is 19.0 Å². The minimum Gasteiger partial charge on any atom is -0.507 e. The molecule has 0 spiro atoms. The molecule has 1 rings (SSSR count). The smallest absolute Gasteiger partial charge is 0.255 e. The van der Waals surface area contributed by atoms with Gasteiger partial charge in [0.05, 0.1) is 5.56 Å². The van der Waals surface area contributed by atoms with Crippen LogP contribution in [0.15, 0.2) is 18.2 Å². The Labute approximate surface area is 93.7 Å². The first-order valence-electron chi connectivity index (χ1n) is 4.92. The van der Waals surface area contributed by atoms with Gasteiger partial charge in [-0.2, -0.15) is 0 Å². The van der Waals surface area contributed by atoms with Crippen molar-refractivity contribution in [2.45, 2.75) is 0 Å². The summed E-state index contributed by atoms with van der Waals surface area (Å²) in [6, 6.07) is 3.32. The second kappa shape index (κ2) is 5.46. The molecule has 0 atom stereocenters. The fourth-order valence-corrected chi connectivity index (χ4v) is 1.19. The van der Waals surface area contributed by atoms with Crippen LogP contribution in [0, 0.1) is 5.82 Å². The van der Waals surface area contributed by atoms with Crippen molar-refractivity contribution in [3.8, 4) is 5.75 Å². The molecule has 16 heavy (non-hydrogen) atoms. The fourth-order valence-electron chi connectivity index (χ4n) is 1.19. The van der Waals surface area contributed by atoms with Crippen LogP contribution in [0.3, 0.4) is 0 Å². The summed E-state index contributed by atoms with van der Waals surface area (Å²) in [7, 11) is 3.78. The maximum absolute atomic E-state index is 12.7. The van der Waals surface area contributed by atoms with Crippen LogP contribution in [0.2, 0.25) is 0 Å². The number of hydrogen-bond donors (Lipinski definition) is 2. The standard InChI is InChI=1S/C11H15FN2O2/c1-14(2)6-5-13-11(16)9-4-3-8(12)7-10(9)15/h3-4,7,15H,5-6H2,1-2H3,(H,13,16). The van der Waals surface area contributed by atoms with Crippen LogP contribution in [-0.2, 0) is 0 Å². The van der Waals surface area contributed by atoms with Gasteiger partial charge in [-0.1, -0.05) is 0 Å². The van der Waals surface area contributed by atoms with Crippen molar-refractivity contribution >= 4 is 5.91 Å². The number of benzene rings is 1. The third-order valence-electron chi connectivity index (χ3n) is 2.05. The van der Waals surface area contributed by atoms with Crippen LogP contribution in [0.5, 0.6) is 5.75 Å². The first-order chi connectivity index (χ1) is 7.50. The maximum atomic E-state index is 12.7. The van der Waals surface area contributed by atoms with Crippen molar-refractivity contribution in [1.29, 1.82) is 0 Å². The van der Waals surface area contributed by atoms with Crippen molar-refractivity contribution in [1.82, 2.24) is 10.2 Å². The molecule has 1 aromatic carbocycles. The van der Waals surface area contributed by atoms with E-state index in [0.29, 0.717) is 13.1 Å². The minimum absolute atomic E-state index is 0.0835. The zero-order chi connectivity index (χ0) is 12.1. The summed E-state index contributed by atoms with van der Waals surface area (Å²) in [5, 5.41) is 12.0. The maximum Gasteiger partial charge on any atom is 0.255 e. The molecule has 0 aliphatic rings. The van der Waals surface area contributed by atoms with Gasteiger partial charge in [-0.15, -0.1) is 0 Å². The lowest BCUT2D eigenvalue weighted by Crippen LogP contribution is -2.31. The number of amides is 1. The Morgan fingerprint density at radius 1 is 1.50 bits per heavy atom. The first-order valence-corrected chi connectivity index (χ1v) is 4.92. The molecule has 0 aliphatic carbocycles. The molecule has 88 valence electrons. The third kappa shape index (κ3) is 3.51. The molecule has 0 heterocycles. The molecular formula is C11H15FN2O2. The number of carbonyl (C=O) groups is 1. The van der Waals surface area contributed by atoms with E-state index in [1.54, 1.807) is 0 Å². The predicted octanol–water partition coefficient (Wildman–Crippen LogP) is 0.823. The number of phenols is 1. The first kappa shape index (κ1) is 12.4. The zero-order valence-electron chi connectivity index (χ0n) is 9.33. The molecule has 0 unspecified atom stereocenters. The Bertz CT molecular complexity index is 380. The van der Waals surface area contributed by atoms with E-state index in [0.717, 1.165) is 12.1 Å². The molecule has 1 aromatic rings. The number of hydrogen-bond acceptors (Lipinski definition) is 3. The lowest BCUT2D eigenvalue weighted by Gasteiger charge is -2.10. The monoisotopic (exact) mass is 226 g/mol. The van der Waals surface area contributed by atoms with Crippen molar-refractivity contribution in [3.05, 3.63) is 29.6 Å². The zero-order valence-corrected chi connectivity index (χ0v) is 9.33. The summed E-state index contributed by atoms with van der Waals surface area (Å²) in [6.07, 6.45) is 0. The molecule has 0 saturated carbocycles. The van der Waals surface area contributed by atoms with Crippen LogP contribution in [0.4, 0.5) is 4.39 Å². The Kier molecular flexibility index (Phi) is 4.25. The lowest BCUT2D eigenvalue weighted by molar-refractivity contribution is 0.0948. The number of likely N-dealkylation sites (N-methyl/N-ethyl adjacent to an activating group) is 1. The molecular weight excluding hydrogens is 211 g/mol. The van der Waals surface area contributed by atoms with Crippen molar-refractivity contribution in [2.24, 2.45) is 0 Å². The van der Waals surface area contributed by atoms with Gasteiger partial charge in [0.1, 0.15) is 11.6 Å². The Morgan fingerprint density at radius 3 is 2.75 bits per heavy atom. The number of carbonyl (C=O) groups excluding carboxylic acids is 1. The van der Waals surface area contributed by atoms with E-state index in [4.69, 9.17) is 0 Å². The summed E-state index contributed by atoms with van der Waals surface area (Å²) < 4.78 is 12.7. The normalized spacial score (nSPS) is 10.5. The molecule has 0 bridgehead atoms. The Balaban J connectivity index is 2.59. The topological polar surface area (TPSA) is 52.6 Å². The molecule has 5 heteroatoms. The third-order valence-corrected chi connectivity index (χ3v) is 2.05. The minimum atomic E-state index is -0.567. The molecule has 0 saturated heterocycles. The van der Waals surface area contributed by atoms with E-state index in [2.05, 4.69) is 5.32 Å². The molecule has 4 nitrogen and oxygen atoms in total. The highest BCUT2D eigenvalue weighted by molar-refractivity contribution is 5.96. The SMILES string of the molecule is CN(C)CCNC(=O)c1ccc(F)cc1O. The lowest BCUT2D eigenvalue weighted by atomic mass is 10.2. The molecule has 0 aromatic heterocycles. The van der Waals surface area contributed by atoms with Gasteiger partial charge in [-0.3, -0.25) is 4.79 Å². The number of aromatic hydroxyl groups is 1. The van der Waals surface area contributed by atoms with Gasteiger partial charge >= 0.3 is 0 Å². The number of halogens is 1. The highest BCUT2D eigenvalue weighted by Gasteiger charge is 2.10. The van der Waals surface area contributed by atoms with E-state index in [9.17, 15) is 14.3 Å².